The van der Waals surface area contributed by atoms with Crippen LogP contribution < -0.4 is 0 Å². The Balaban J connectivity index is 2.47. The molecule has 0 aliphatic rings. The van der Waals surface area contributed by atoms with Crippen molar-refractivity contribution in [1.82, 2.24) is 0 Å². The third-order valence-corrected chi connectivity index (χ3v) is 3.54. The molecule has 0 nitrogen and oxygen atoms in total. The maximum Gasteiger partial charge on any atom is 0.00539 e. The summed E-state index contributed by atoms with van der Waals surface area (Å²) < 4.78 is 0. The quantitative estimate of drug-likeness (QED) is 0.627. The second-order valence-electron chi connectivity index (χ2n) is 3.74. The number of hydrogen-bond donors (Lipinski definition) is 0. The van der Waals surface area contributed by atoms with Crippen molar-refractivity contribution in [3.05, 3.63) is 34.0 Å². The first-order chi connectivity index (χ1) is 6.76. The molecule has 1 heterocycles. The second kappa shape index (κ2) is 6.02. The molecule has 0 saturated carbocycles. The molecule has 1 atom stereocenters. The molecule has 0 aromatic carbocycles. The molecule has 0 radical (unpaired) electrons. The lowest BCUT2D eigenvalue weighted by Gasteiger charge is -2.02. The predicted molar refractivity (Wildman–Crippen MR) is 66.0 cm³/mol. The van der Waals surface area contributed by atoms with Crippen molar-refractivity contribution >= 4 is 11.3 Å². The molecular weight excluding hydrogens is 188 g/mol. The maximum atomic E-state index is 2.32. The molecule has 1 aromatic heterocycles. The first-order valence-corrected chi connectivity index (χ1v) is 6.32. The highest BCUT2D eigenvalue weighted by atomic mass is 32.1. The van der Waals surface area contributed by atoms with E-state index in [1.54, 1.807) is 0 Å². The van der Waals surface area contributed by atoms with Gasteiger partial charge in [-0.3, -0.25) is 0 Å². The highest BCUT2D eigenvalue weighted by molar-refractivity contribution is 7.11. The van der Waals surface area contributed by atoms with Gasteiger partial charge in [0.25, 0.3) is 0 Å². The Morgan fingerprint density at radius 1 is 1.29 bits per heavy atom. The van der Waals surface area contributed by atoms with E-state index in [0.29, 0.717) is 5.92 Å². The zero-order valence-corrected chi connectivity index (χ0v) is 10.2. The minimum atomic E-state index is 0.679. The van der Waals surface area contributed by atoms with E-state index in [0.717, 1.165) is 6.42 Å². The summed E-state index contributed by atoms with van der Waals surface area (Å²) in [6, 6.07) is 4.54. The Morgan fingerprint density at radius 3 is 2.57 bits per heavy atom. The van der Waals surface area contributed by atoms with Crippen LogP contribution in [0.15, 0.2) is 24.3 Å². The van der Waals surface area contributed by atoms with Crippen molar-refractivity contribution in [2.45, 2.75) is 40.0 Å². The van der Waals surface area contributed by atoms with Crippen LogP contribution in [0.1, 0.15) is 36.9 Å². The molecule has 0 saturated heterocycles. The molecule has 78 valence electrons. The van der Waals surface area contributed by atoms with Gasteiger partial charge in [-0.2, -0.15) is 0 Å². The summed E-state index contributed by atoms with van der Waals surface area (Å²) in [5.74, 6) is 0.679. The van der Waals surface area contributed by atoms with Crippen molar-refractivity contribution in [3.8, 4) is 0 Å². The average Bonchev–Trinajstić information content (AvgIpc) is 2.62. The monoisotopic (exact) mass is 208 g/mol. The van der Waals surface area contributed by atoms with Crippen LogP contribution in [0, 0.1) is 5.92 Å². The second-order valence-corrected chi connectivity index (χ2v) is 4.99. The molecule has 1 unspecified atom stereocenters. The van der Waals surface area contributed by atoms with Crippen LogP contribution in [0.4, 0.5) is 0 Å². The lowest BCUT2D eigenvalue weighted by atomic mass is 10.1. The van der Waals surface area contributed by atoms with E-state index in [1.165, 1.54) is 22.6 Å². The zero-order valence-electron chi connectivity index (χ0n) is 9.42. The smallest absolute Gasteiger partial charge is 0.00539 e. The Labute approximate surface area is 91.7 Å². The normalized spacial score (nSPS) is 13.6. The first kappa shape index (κ1) is 11.5. The molecular formula is C13H20S. The molecule has 0 amide bonds. The minimum Gasteiger partial charge on any atom is -0.145 e. The molecule has 0 aliphatic carbocycles. The van der Waals surface area contributed by atoms with Gasteiger partial charge in [0.15, 0.2) is 0 Å². The van der Waals surface area contributed by atoms with Gasteiger partial charge in [0.05, 0.1) is 0 Å². The third-order valence-electron chi connectivity index (χ3n) is 2.29. The van der Waals surface area contributed by atoms with E-state index < -0.39 is 0 Å². The van der Waals surface area contributed by atoms with Crippen molar-refractivity contribution < 1.29 is 0 Å². The van der Waals surface area contributed by atoms with Gasteiger partial charge in [-0.25, -0.2) is 0 Å². The van der Waals surface area contributed by atoms with Crippen LogP contribution in [-0.2, 0) is 12.8 Å². The lowest BCUT2D eigenvalue weighted by molar-refractivity contribution is 0.729. The summed E-state index contributed by atoms with van der Waals surface area (Å²) >= 11 is 1.96. The number of hydrogen-bond acceptors (Lipinski definition) is 1. The Morgan fingerprint density at radius 2 is 2.00 bits per heavy atom. The zero-order chi connectivity index (χ0) is 10.4. The van der Waals surface area contributed by atoms with Crippen molar-refractivity contribution in [1.29, 1.82) is 0 Å². The van der Waals surface area contributed by atoms with Crippen LogP contribution >= 0.6 is 11.3 Å². The SMILES string of the molecule is CC/C=C\C(C)Cc1ccc(CC)s1. The highest BCUT2D eigenvalue weighted by Crippen LogP contribution is 2.20. The van der Waals surface area contributed by atoms with Crippen LogP contribution in [0.5, 0.6) is 0 Å². The van der Waals surface area contributed by atoms with Crippen LogP contribution in [-0.4, -0.2) is 0 Å². The average molecular weight is 208 g/mol. The van der Waals surface area contributed by atoms with Gasteiger partial charge in [0.2, 0.25) is 0 Å². The highest BCUT2D eigenvalue weighted by Gasteiger charge is 2.02. The van der Waals surface area contributed by atoms with Gasteiger partial charge >= 0.3 is 0 Å². The van der Waals surface area contributed by atoms with Crippen LogP contribution in [0.25, 0.3) is 0 Å². The Hall–Kier alpha value is -0.560. The largest absolute Gasteiger partial charge is 0.145 e. The van der Waals surface area contributed by atoms with Crippen molar-refractivity contribution in [3.63, 3.8) is 0 Å². The summed E-state index contributed by atoms with van der Waals surface area (Å²) in [5.41, 5.74) is 0. The summed E-state index contributed by atoms with van der Waals surface area (Å²) in [7, 11) is 0. The molecule has 1 rings (SSSR count). The number of allylic oxidation sites excluding steroid dienone is 2. The molecule has 0 fully saturated rings. The predicted octanol–water partition coefficient (Wildman–Crippen LogP) is 4.46. The number of rotatable bonds is 5. The maximum absolute atomic E-state index is 2.32. The first-order valence-electron chi connectivity index (χ1n) is 5.50. The van der Waals surface area contributed by atoms with Crippen LogP contribution in [0.3, 0.4) is 0 Å². The number of aryl methyl sites for hydroxylation is 1. The molecule has 0 N–H and O–H groups in total. The minimum absolute atomic E-state index is 0.679. The molecule has 1 heteroatoms. The third kappa shape index (κ3) is 3.67. The van der Waals surface area contributed by atoms with Gasteiger partial charge in [0, 0.05) is 9.75 Å². The standard InChI is InChI=1S/C13H20S/c1-4-6-7-11(3)10-13-9-8-12(5-2)14-13/h6-9,11H,4-5,10H2,1-3H3/b7-6-. The summed E-state index contributed by atoms with van der Waals surface area (Å²) in [4.78, 5) is 3.03. The van der Waals surface area contributed by atoms with Crippen molar-refractivity contribution in [2.24, 2.45) is 5.92 Å². The number of thiophene rings is 1. The fourth-order valence-electron chi connectivity index (χ4n) is 1.48. The molecule has 0 spiro atoms. The van der Waals surface area contributed by atoms with E-state index in [4.69, 9.17) is 0 Å². The molecule has 1 aromatic rings. The molecule has 14 heavy (non-hydrogen) atoms. The van der Waals surface area contributed by atoms with Crippen LogP contribution in [0.2, 0.25) is 0 Å². The van der Waals surface area contributed by atoms with E-state index in [2.05, 4.69) is 45.1 Å². The van der Waals surface area contributed by atoms with E-state index in [-0.39, 0.29) is 0 Å². The summed E-state index contributed by atoms with van der Waals surface area (Å²) in [5, 5.41) is 0. The molecule has 0 bridgehead atoms. The van der Waals surface area contributed by atoms with E-state index in [9.17, 15) is 0 Å². The van der Waals surface area contributed by atoms with E-state index >= 15 is 0 Å². The van der Waals surface area contributed by atoms with E-state index in [1.807, 2.05) is 11.3 Å². The van der Waals surface area contributed by atoms with Gasteiger partial charge in [-0.1, -0.05) is 32.9 Å². The Kier molecular flexibility index (Phi) is 4.95. The van der Waals surface area contributed by atoms with Gasteiger partial charge < -0.3 is 0 Å². The summed E-state index contributed by atoms with van der Waals surface area (Å²) in [6.07, 6.45) is 8.10. The topological polar surface area (TPSA) is 0 Å². The van der Waals surface area contributed by atoms with Gasteiger partial charge in [-0.15, -0.1) is 11.3 Å². The fraction of sp³-hybridized carbons (Fsp3) is 0.538. The van der Waals surface area contributed by atoms with Gasteiger partial charge in [0.1, 0.15) is 0 Å². The van der Waals surface area contributed by atoms with Gasteiger partial charge in [-0.05, 0) is 37.3 Å². The Bertz CT molecular complexity index is 283. The molecule has 0 aliphatic heterocycles. The van der Waals surface area contributed by atoms with Crippen molar-refractivity contribution in [2.75, 3.05) is 0 Å². The fourth-order valence-corrected chi connectivity index (χ4v) is 2.58. The lowest BCUT2D eigenvalue weighted by Crippen LogP contribution is -1.92. The summed E-state index contributed by atoms with van der Waals surface area (Å²) in [6.45, 7) is 6.69.